The molecule has 2 heterocycles. The van der Waals surface area contributed by atoms with E-state index in [0.29, 0.717) is 0 Å². The van der Waals surface area contributed by atoms with Gasteiger partial charge in [0.15, 0.2) is 0 Å². The molecule has 2 aliphatic rings. The topological polar surface area (TPSA) is 9.86 Å². The SMILES string of the molecule is c1ccc(-n2c3ccccc3c3c(-c4cccc5c(-c6cccc7c6-c6ccccc6C76c7ccccc7-c7ccc8ccccc8c76)c6cccc(-c7cccc8c7c7ccccc7n8-c7ccccc7)c6cc45)cccc32)cc1. The fourth-order valence-electron chi connectivity index (χ4n) is 15.3. The van der Waals surface area contributed by atoms with Crippen LogP contribution in [0.2, 0.25) is 0 Å². The lowest BCUT2D eigenvalue weighted by Crippen LogP contribution is -2.26. The van der Waals surface area contributed by atoms with Crippen LogP contribution < -0.4 is 0 Å². The maximum Gasteiger partial charge on any atom is 0.0731 e. The van der Waals surface area contributed by atoms with Gasteiger partial charge in [-0.25, -0.2) is 0 Å². The average Bonchev–Trinajstić information content (AvgIpc) is 2.19. The second-order valence-corrected chi connectivity index (χ2v) is 22.1. The molecule has 2 aromatic heterocycles. The van der Waals surface area contributed by atoms with Gasteiger partial charge in [0.25, 0.3) is 0 Å². The van der Waals surface area contributed by atoms with Gasteiger partial charge in [0.05, 0.1) is 27.5 Å². The summed E-state index contributed by atoms with van der Waals surface area (Å²) in [5, 5.41) is 12.4. The Balaban J connectivity index is 0.991. The largest absolute Gasteiger partial charge is 0.309 e. The van der Waals surface area contributed by atoms with Crippen molar-refractivity contribution in [1.82, 2.24) is 9.13 Å². The molecule has 0 fully saturated rings. The summed E-state index contributed by atoms with van der Waals surface area (Å²) >= 11 is 0. The third kappa shape index (κ3) is 5.90. The first-order valence-electron chi connectivity index (χ1n) is 28.3. The quantitative estimate of drug-likeness (QED) is 0.152. The first-order valence-corrected chi connectivity index (χ1v) is 28.3. The van der Waals surface area contributed by atoms with Crippen molar-refractivity contribution >= 4 is 75.9 Å². The summed E-state index contributed by atoms with van der Waals surface area (Å²) in [5.41, 5.74) is 24.4. The summed E-state index contributed by atoms with van der Waals surface area (Å²) in [7, 11) is 0. The number of benzene rings is 14. The van der Waals surface area contributed by atoms with Gasteiger partial charge in [0.2, 0.25) is 0 Å². The standard InChI is InChI=1S/C79H48N2/c1-3-23-50(24-4-1)80-70-42-15-11-30-62(70)76-56(36-20-44-72(76)80)53-32-17-34-58-65(53)48-66-54(57-37-21-45-73-77(57)63-31-12-16-43-71(63)81(73)51-25-5-2-6-26-51)33-18-35-59(66)74(58)64-38-19-41-69-75(64)61-29-10-14-40-68(61)79(69)67-39-13-9-28-55(67)60-47-46-49-22-7-8-27-52(49)78(60)79/h1-48H. The monoisotopic (exact) mass is 1020 g/mol. The minimum absolute atomic E-state index is 0.545. The number of rotatable bonds is 5. The number of fused-ring (bicyclic) bond motifs is 20. The Morgan fingerprint density at radius 3 is 1.26 bits per heavy atom. The summed E-state index contributed by atoms with van der Waals surface area (Å²) in [6, 6.07) is 110. The van der Waals surface area contributed by atoms with Gasteiger partial charge in [-0.1, -0.05) is 237 Å². The van der Waals surface area contributed by atoms with E-state index in [2.05, 4.69) is 300 Å². The van der Waals surface area contributed by atoms with E-state index in [1.54, 1.807) is 0 Å². The van der Waals surface area contributed by atoms with E-state index in [0.717, 1.165) is 11.4 Å². The summed E-state index contributed by atoms with van der Waals surface area (Å²) in [4.78, 5) is 0. The van der Waals surface area contributed by atoms with Gasteiger partial charge in [0, 0.05) is 32.9 Å². The first kappa shape index (κ1) is 44.4. The highest BCUT2D eigenvalue weighted by molar-refractivity contribution is 6.26. The maximum atomic E-state index is 2.54. The zero-order chi connectivity index (χ0) is 52.9. The van der Waals surface area contributed by atoms with Crippen LogP contribution in [0.5, 0.6) is 0 Å². The lowest BCUT2D eigenvalue weighted by atomic mass is 9.69. The highest BCUT2D eigenvalue weighted by Gasteiger charge is 2.53. The van der Waals surface area contributed by atoms with Crippen molar-refractivity contribution in [3.63, 3.8) is 0 Å². The summed E-state index contributed by atoms with van der Waals surface area (Å²) < 4.78 is 4.88. The molecule has 18 rings (SSSR count). The summed E-state index contributed by atoms with van der Waals surface area (Å²) in [6.07, 6.45) is 0. The molecule has 1 spiro atoms. The molecule has 0 saturated heterocycles. The van der Waals surface area contributed by atoms with Crippen molar-refractivity contribution in [2.45, 2.75) is 5.41 Å². The zero-order valence-electron chi connectivity index (χ0n) is 44.1. The normalized spacial score (nSPS) is 14.2. The summed E-state index contributed by atoms with van der Waals surface area (Å²) in [6.45, 7) is 0. The Bertz CT molecular complexity index is 5130. The molecule has 1 unspecified atom stereocenters. The molecule has 0 saturated carbocycles. The molecular formula is C79H48N2. The minimum atomic E-state index is -0.545. The number of hydrogen-bond acceptors (Lipinski definition) is 0. The average molecular weight is 1030 g/mol. The third-order valence-corrected chi connectivity index (χ3v) is 18.3. The van der Waals surface area contributed by atoms with Gasteiger partial charge >= 0.3 is 0 Å². The lowest BCUT2D eigenvalue weighted by molar-refractivity contribution is 0.801. The first-order chi connectivity index (χ1) is 40.3. The van der Waals surface area contributed by atoms with Crippen LogP contribution in [0, 0.1) is 0 Å². The molecule has 1 atom stereocenters. The van der Waals surface area contributed by atoms with Gasteiger partial charge in [-0.2, -0.15) is 0 Å². The van der Waals surface area contributed by atoms with E-state index >= 15 is 0 Å². The van der Waals surface area contributed by atoms with Gasteiger partial charge in [-0.3, -0.25) is 0 Å². The van der Waals surface area contributed by atoms with E-state index in [4.69, 9.17) is 0 Å². The van der Waals surface area contributed by atoms with E-state index in [1.165, 1.54) is 154 Å². The van der Waals surface area contributed by atoms with Gasteiger partial charge < -0.3 is 9.13 Å². The van der Waals surface area contributed by atoms with Crippen LogP contribution in [0.4, 0.5) is 0 Å². The van der Waals surface area contributed by atoms with Gasteiger partial charge in [0.1, 0.15) is 0 Å². The van der Waals surface area contributed by atoms with Crippen LogP contribution in [0.1, 0.15) is 22.3 Å². The fraction of sp³-hybridized carbons (Fsp3) is 0.0127. The van der Waals surface area contributed by atoms with Crippen molar-refractivity contribution in [3.05, 3.63) is 313 Å². The van der Waals surface area contributed by atoms with Crippen LogP contribution in [0.15, 0.2) is 291 Å². The number of aromatic nitrogens is 2. The molecule has 81 heavy (non-hydrogen) atoms. The number of nitrogens with zero attached hydrogens (tertiary/aromatic N) is 2. The number of para-hydroxylation sites is 4. The second kappa shape index (κ2) is 16.7. The lowest BCUT2D eigenvalue weighted by Gasteiger charge is -2.31. The molecule has 0 bridgehead atoms. The third-order valence-electron chi connectivity index (χ3n) is 18.3. The van der Waals surface area contributed by atoms with Crippen LogP contribution in [0.25, 0.3) is 143 Å². The molecule has 0 amide bonds. The van der Waals surface area contributed by atoms with Crippen LogP contribution in [-0.2, 0) is 5.41 Å². The molecule has 0 aliphatic heterocycles. The molecule has 14 aromatic carbocycles. The van der Waals surface area contributed by atoms with E-state index < -0.39 is 5.41 Å². The predicted molar refractivity (Wildman–Crippen MR) is 340 cm³/mol. The molecule has 374 valence electrons. The van der Waals surface area contributed by atoms with Crippen molar-refractivity contribution < 1.29 is 0 Å². The Hall–Kier alpha value is -10.5. The molecule has 2 heteroatoms. The Labute approximate surface area is 468 Å². The molecule has 2 nitrogen and oxygen atoms in total. The maximum absolute atomic E-state index is 2.54. The van der Waals surface area contributed by atoms with Gasteiger partial charge in [-0.05, 0) is 165 Å². The minimum Gasteiger partial charge on any atom is -0.309 e. The Kier molecular flexibility index (Phi) is 9.18. The van der Waals surface area contributed by atoms with Crippen molar-refractivity contribution in [2.24, 2.45) is 0 Å². The summed E-state index contributed by atoms with van der Waals surface area (Å²) in [5.74, 6) is 0. The Morgan fingerprint density at radius 1 is 0.222 bits per heavy atom. The number of hydrogen-bond donors (Lipinski definition) is 0. The predicted octanol–water partition coefficient (Wildman–Crippen LogP) is 20.7. The van der Waals surface area contributed by atoms with Crippen LogP contribution in [0.3, 0.4) is 0 Å². The smallest absolute Gasteiger partial charge is 0.0731 e. The van der Waals surface area contributed by atoms with Gasteiger partial charge in [-0.15, -0.1) is 0 Å². The van der Waals surface area contributed by atoms with Crippen LogP contribution >= 0.6 is 0 Å². The molecule has 2 aliphatic carbocycles. The van der Waals surface area contributed by atoms with E-state index in [-0.39, 0.29) is 0 Å². The molecule has 16 aromatic rings. The van der Waals surface area contributed by atoms with E-state index in [1.807, 2.05) is 0 Å². The fourth-order valence-corrected chi connectivity index (χ4v) is 15.3. The van der Waals surface area contributed by atoms with Crippen molar-refractivity contribution in [3.8, 4) is 67.0 Å². The molecular weight excluding hydrogens is 977 g/mol. The van der Waals surface area contributed by atoms with Crippen molar-refractivity contribution in [2.75, 3.05) is 0 Å². The highest BCUT2D eigenvalue weighted by Crippen LogP contribution is 2.66. The molecule has 0 N–H and O–H groups in total. The highest BCUT2D eigenvalue weighted by atomic mass is 15.0. The van der Waals surface area contributed by atoms with E-state index in [9.17, 15) is 0 Å². The van der Waals surface area contributed by atoms with Crippen LogP contribution in [-0.4, -0.2) is 9.13 Å². The second-order valence-electron chi connectivity index (χ2n) is 22.1. The van der Waals surface area contributed by atoms with Crippen molar-refractivity contribution in [1.29, 1.82) is 0 Å². The zero-order valence-corrected chi connectivity index (χ0v) is 44.1. The molecule has 0 radical (unpaired) electrons. The Morgan fingerprint density at radius 2 is 0.642 bits per heavy atom.